The smallest absolute Gasteiger partial charge is 0.283 e. The van der Waals surface area contributed by atoms with E-state index in [0.717, 1.165) is 51.8 Å². The molecule has 1 saturated heterocycles. The van der Waals surface area contributed by atoms with Gasteiger partial charge in [-0.15, -0.1) is 0 Å². The van der Waals surface area contributed by atoms with Gasteiger partial charge in [-0.1, -0.05) is 50.8 Å². The maximum Gasteiger partial charge on any atom is 0.283 e. The highest BCUT2D eigenvalue weighted by Crippen LogP contribution is 2.32. The molecule has 0 unspecified atom stereocenters. The van der Waals surface area contributed by atoms with Crippen molar-refractivity contribution in [3.8, 4) is 11.3 Å². The SMILES string of the molecule is C=C(F)C(=O)Nc1ccc2c(-c3ccccc3CNc3nc(NC[C@H]4CCN(C(C)C)C[C@@H]4O)nc4c(C(C)C)cnn34)nccc2c1. The number of hydrogen-bond donors (Lipinski definition) is 4. The van der Waals surface area contributed by atoms with Gasteiger partial charge in [0.25, 0.3) is 5.91 Å². The molecule has 0 aliphatic carbocycles. The van der Waals surface area contributed by atoms with Gasteiger partial charge in [0.1, 0.15) is 0 Å². The number of carbonyl (C=O) groups is 1. The van der Waals surface area contributed by atoms with Crippen molar-refractivity contribution in [3.05, 3.63) is 84.5 Å². The molecule has 2 aromatic carbocycles. The number of nitrogens with zero attached hydrogens (tertiary/aromatic N) is 6. The molecule has 1 aliphatic rings. The molecule has 0 bridgehead atoms. The van der Waals surface area contributed by atoms with Crippen LogP contribution >= 0.6 is 0 Å². The third kappa shape index (κ3) is 6.99. The van der Waals surface area contributed by atoms with E-state index >= 15 is 0 Å². The van der Waals surface area contributed by atoms with Crippen molar-refractivity contribution < 1.29 is 14.3 Å². The molecule has 250 valence electrons. The molecular formula is C36H42FN9O2. The Morgan fingerprint density at radius 2 is 1.92 bits per heavy atom. The Labute approximate surface area is 279 Å². The number of hydrogen-bond acceptors (Lipinski definition) is 9. The van der Waals surface area contributed by atoms with Crippen molar-refractivity contribution in [2.24, 2.45) is 5.92 Å². The molecule has 4 N–H and O–H groups in total. The number of aliphatic hydroxyl groups excluding tert-OH is 1. The summed E-state index contributed by atoms with van der Waals surface area (Å²) in [6.45, 7) is 14.2. The fourth-order valence-corrected chi connectivity index (χ4v) is 6.18. The van der Waals surface area contributed by atoms with Crippen LogP contribution in [0.4, 0.5) is 22.0 Å². The molecule has 11 nitrogen and oxygen atoms in total. The summed E-state index contributed by atoms with van der Waals surface area (Å²) < 4.78 is 15.0. The van der Waals surface area contributed by atoms with E-state index < -0.39 is 17.8 Å². The first kappa shape index (κ1) is 33.0. The topological polar surface area (TPSA) is 133 Å². The van der Waals surface area contributed by atoms with Crippen LogP contribution in [-0.2, 0) is 11.3 Å². The van der Waals surface area contributed by atoms with Crippen molar-refractivity contribution >= 4 is 39.9 Å². The van der Waals surface area contributed by atoms with Crippen LogP contribution in [0.1, 0.15) is 51.2 Å². The Bertz CT molecular complexity index is 1960. The maximum atomic E-state index is 13.3. The number of β-amino-alcohol motifs (C(OH)–C–C–N with tert-alkyl or cyclic N) is 1. The number of benzene rings is 2. The highest BCUT2D eigenvalue weighted by atomic mass is 19.1. The lowest BCUT2D eigenvalue weighted by Crippen LogP contribution is -2.48. The third-order valence-electron chi connectivity index (χ3n) is 9.00. The summed E-state index contributed by atoms with van der Waals surface area (Å²) in [6, 6.07) is 15.6. The van der Waals surface area contributed by atoms with Crippen LogP contribution in [0.2, 0.25) is 0 Å². The molecule has 4 heterocycles. The van der Waals surface area contributed by atoms with Crippen LogP contribution in [0, 0.1) is 5.92 Å². The zero-order chi connectivity index (χ0) is 33.9. The van der Waals surface area contributed by atoms with Crippen molar-refractivity contribution in [2.75, 3.05) is 35.6 Å². The highest BCUT2D eigenvalue weighted by molar-refractivity contribution is 6.04. The molecule has 12 heteroatoms. The Morgan fingerprint density at radius 3 is 2.67 bits per heavy atom. The minimum Gasteiger partial charge on any atom is -0.391 e. The standard InChI is InChI=1S/C36H42FN9O2/c1-21(2)30-19-41-46-33(30)43-35(39-18-26-13-15-45(22(3)4)20-31(26)47)44-36(46)40-17-25-8-6-7-9-28(25)32-29-11-10-27(42-34(48)23(5)37)16-24(29)12-14-38-32/h6-12,14,16,19,21-22,26,31,47H,5,13,15,17-18,20H2,1-4H3,(H,42,48)(H2,39,40,43,44)/t26-,31+/m1/s1. The summed E-state index contributed by atoms with van der Waals surface area (Å²) in [5.41, 5.74) is 4.89. The molecule has 2 atom stereocenters. The molecule has 3 aromatic heterocycles. The lowest BCUT2D eigenvalue weighted by atomic mass is 9.93. The quantitative estimate of drug-likeness (QED) is 0.127. The lowest BCUT2D eigenvalue weighted by Gasteiger charge is -2.38. The fourth-order valence-electron chi connectivity index (χ4n) is 6.18. The predicted molar refractivity (Wildman–Crippen MR) is 188 cm³/mol. The number of fused-ring (bicyclic) bond motifs is 2. The van der Waals surface area contributed by atoms with E-state index in [1.807, 2.05) is 42.6 Å². The predicted octanol–water partition coefficient (Wildman–Crippen LogP) is 6.00. The van der Waals surface area contributed by atoms with Crippen molar-refractivity contribution in [1.29, 1.82) is 0 Å². The number of likely N-dealkylation sites (tertiary alicyclic amines) is 1. The number of anilines is 3. The number of amides is 1. The number of aromatic nitrogens is 5. The van der Waals surface area contributed by atoms with E-state index in [1.54, 1.807) is 22.8 Å². The van der Waals surface area contributed by atoms with E-state index in [9.17, 15) is 14.3 Å². The number of rotatable bonds is 11. The van der Waals surface area contributed by atoms with Gasteiger partial charge in [0, 0.05) is 60.0 Å². The van der Waals surface area contributed by atoms with E-state index in [-0.39, 0.29) is 11.8 Å². The normalized spacial score (nSPS) is 16.9. The molecule has 0 radical (unpaired) electrons. The largest absolute Gasteiger partial charge is 0.391 e. The molecule has 0 spiro atoms. The van der Waals surface area contributed by atoms with Gasteiger partial charge in [-0.3, -0.25) is 14.7 Å². The number of halogens is 1. The first-order valence-corrected chi connectivity index (χ1v) is 16.4. The minimum absolute atomic E-state index is 0.0984. The second-order valence-electron chi connectivity index (χ2n) is 12.9. The number of nitrogens with one attached hydrogen (secondary N) is 3. The van der Waals surface area contributed by atoms with Gasteiger partial charge >= 0.3 is 0 Å². The first-order valence-electron chi connectivity index (χ1n) is 16.4. The molecule has 1 amide bonds. The fraction of sp³-hybridized carbons (Fsp3) is 0.361. The zero-order valence-corrected chi connectivity index (χ0v) is 27.7. The number of pyridine rings is 1. The molecular weight excluding hydrogens is 609 g/mol. The average molecular weight is 652 g/mol. The summed E-state index contributed by atoms with van der Waals surface area (Å²) >= 11 is 0. The number of carbonyl (C=O) groups excluding carboxylic acids is 1. The molecule has 6 rings (SSSR count). The molecule has 1 aliphatic heterocycles. The van der Waals surface area contributed by atoms with Crippen LogP contribution in [0.3, 0.4) is 0 Å². The number of aliphatic hydroxyl groups is 1. The van der Waals surface area contributed by atoms with Crippen LogP contribution in [0.15, 0.2) is 73.3 Å². The highest BCUT2D eigenvalue weighted by Gasteiger charge is 2.29. The van der Waals surface area contributed by atoms with Gasteiger partial charge in [-0.2, -0.15) is 19.6 Å². The van der Waals surface area contributed by atoms with Gasteiger partial charge < -0.3 is 21.1 Å². The average Bonchev–Trinajstić information content (AvgIpc) is 3.51. The molecule has 48 heavy (non-hydrogen) atoms. The van der Waals surface area contributed by atoms with Gasteiger partial charge in [-0.05, 0) is 61.9 Å². The first-order chi connectivity index (χ1) is 23.1. The third-order valence-corrected chi connectivity index (χ3v) is 9.00. The summed E-state index contributed by atoms with van der Waals surface area (Å²) in [6.07, 6.45) is 4.03. The Morgan fingerprint density at radius 1 is 1.10 bits per heavy atom. The Hall–Kier alpha value is -4.94. The monoisotopic (exact) mass is 651 g/mol. The van der Waals surface area contributed by atoms with Gasteiger partial charge in [0.15, 0.2) is 11.5 Å². The van der Waals surface area contributed by atoms with Crippen LogP contribution in [0.25, 0.3) is 27.7 Å². The second-order valence-corrected chi connectivity index (χ2v) is 12.9. The summed E-state index contributed by atoms with van der Waals surface area (Å²) in [5, 5.41) is 26.6. The lowest BCUT2D eigenvalue weighted by molar-refractivity contribution is -0.114. The van der Waals surface area contributed by atoms with Crippen LogP contribution in [0.5, 0.6) is 0 Å². The minimum atomic E-state index is -1.05. The van der Waals surface area contributed by atoms with Crippen molar-refractivity contribution in [3.63, 3.8) is 0 Å². The zero-order valence-electron chi connectivity index (χ0n) is 27.7. The van der Waals surface area contributed by atoms with E-state index in [1.165, 1.54) is 0 Å². The van der Waals surface area contributed by atoms with Gasteiger partial charge in [-0.25, -0.2) is 4.39 Å². The number of piperidine rings is 1. The maximum absolute atomic E-state index is 13.3. The summed E-state index contributed by atoms with van der Waals surface area (Å²) in [5.74, 6) is -0.592. The molecule has 1 fully saturated rings. The van der Waals surface area contributed by atoms with E-state index in [2.05, 4.69) is 60.2 Å². The molecule has 0 saturated carbocycles. The Balaban J connectivity index is 1.26. The van der Waals surface area contributed by atoms with Crippen molar-refractivity contribution in [1.82, 2.24) is 29.5 Å². The van der Waals surface area contributed by atoms with E-state index in [0.29, 0.717) is 43.3 Å². The molecule has 5 aromatic rings. The second kappa shape index (κ2) is 14.0. The van der Waals surface area contributed by atoms with Gasteiger partial charge in [0.05, 0.1) is 18.0 Å². The van der Waals surface area contributed by atoms with Crippen molar-refractivity contribution in [2.45, 2.75) is 58.7 Å². The summed E-state index contributed by atoms with van der Waals surface area (Å²) in [7, 11) is 0. The Kier molecular flexibility index (Phi) is 9.65. The van der Waals surface area contributed by atoms with Crippen LogP contribution in [-0.4, -0.2) is 72.3 Å². The van der Waals surface area contributed by atoms with Gasteiger partial charge in [0.2, 0.25) is 11.9 Å². The van der Waals surface area contributed by atoms with E-state index in [4.69, 9.17) is 15.0 Å². The van der Waals surface area contributed by atoms with Crippen LogP contribution < -0.4 is 16.0 Å². The summed E-state index contributed by atoms with van der Waals surface area (Å²) in [4.78, 5) is 28.5.